The Morgan fingerprint density at radius 2 is 1.88 bits per heavy atom. The molecule has 0 aromatic carbocycles. The molecule has 1 aliphatic rings. The Morgan fingerprint density at radius 1 is 1.21 bits per heavy atom. The van der Waals surface area contributed by atoms with Gasteiger partial charge in [-0.1, -0.05) is 0 Å². The maximum atomic E-state index is 12.1. The van der Waals surface area contributed by atoms with Crippen LogP contribution in [0.25, 0.3) is 0 Å². The standard InChI is InChI=1S/C16H25N5O3/c1-13(2)24-12-4-7-17-14(22)15(23)20-8-10-21(11-9-20)16-18-5-3-6-19-16/h3,5-6,13H,4,7-12H2,1-2H3,(H,17,22). The van der Waals surface area contributed by atoms with E-state index in [2.05, 4.69) is 15.3 Å². The molecule has 1 N–H and O–H groups in total. The monoisotopic (exact) mass is 335 g/mol. The second kappa shape index (κ2) is 9.17. The maximum absolute atomic E-state index is 12.1. The van der Waals surface area contributed by atoms with Crippen LogP contribution in [0, 0.1) is 0 Å². The van der Waals surface area contributed by atoms with Crippen LogP contribution in [-0.2, 0) is 14.3 Å². The lowest BCUT2D eigenvalue weighted by Gasteiger charge is -2.34. The summed E-state index contributed by atoms with van der Waals surface area (Å²) in [5.41, 5.74) is 0. The van der Waals surface area contributed by atoms with Crippen molar-refractivity contribution in [3.63, 3.8) is 0 Å². The second-order valence-corrected chi connectivity index (χ2v) is 5.86. The first-order chi connectivity index (χ1) is 11.6. The van der Waals surface area contributed by atoms with Crippen molar-refractivity contribution in [2.75, 3.05) is 44.2 Å². The number of nitrogens with zero attached hydrogens (tertiary/aromatic N) is 4. The van der Waals surface area contributed by atoms with E-state index in [-0.39, 0.29) is 6.10 Å². The van der Waals surface area contributed by atoms with E-state index in [4.69, 9.17) is 4.74 Å². The smallest absolute Gasteiger partial charge is 0.312 e. The van der Waals surface area contributed by atoms with Gasteiger partial charge < -0.3 is 19.9 Å². The van der Waals surface area contributed by atoms with Crippen LogP contribution in [0.1, 0.15) is 20.3 Å². The summed E-state index contributed by atoms with van der Waals surface area (Å²) in [6, 6.07) is 1.76. The molecule has 0 unspecified atom stereocenters. The van der Waals surface area contributed by atoms with E-state index in [1.807, 2.05) is 18.7 Å². The predicted molar refractivity (Wildman–Crippen MR) is 89.5 cm³/mol. The zero-order valence-electron chi connectivity index (χ0n) is 14.3. The number of rotatable bonds is 6. The van der Waals surface area contributed by atoms with Crippen LogP contribution in [0.15, 0.2) is 18.5 Å². The highest BCUT2D eigenvalue weighted by Crippen LogP contribution is 2.09. The molecule has 1 aromatic heterocycles. The predicted octanol–water partition coefficient (Wildman–Crippen LogP) is 0.0565. The fourth-order valence-corrected chi connectivity index (χ4v) is 2.38. The van der Waals surface area contributed by atoms with E-state index in [9.17, 15) is 9.59 Å². The highest BCUT2D eigenvalue weighted by molar-refractivity contribution is 6.35. The van der Waals surface area contributed by atoms with E-state index in [0.717, 1.165) is 0 Å². The summed E-state index contributed by atoms with van der Waals surface area (Å²) < 4.78 is 5.39. The Morgan fingerprint density at radius 3 is 2.50 bits per heavy atom. The molecular formula is C16H25N5O3. The lowest BCUT2D eigenvalue weighted by atomic mass is 10.3. The van der Waals surface area contributed by atoms with Crippen molar-refractivity contribution in [1.82, 2.24) is 20.2 Å². The summed E-state index contributed by atoms with van der Waals surface area (Å²) in [7, 11) is 0. The lowest BCUT2D eigenvalue weighted by Crippen LogP contribution is -2.53. The molecule has 2 rings (SSSR count). The number of nitrogens with one attached hydrogen (secondary N) is 1. The average molecular weight is 335 g/mol. The minimum atomic E-state index is -0.552. The van der Waals surface area contributed by atoms with Gasteiger partial charge in [0.1, 0.15) is 0 Å². The van der Waals surface area contributed by atoms with Crippen molar-refractivity contribution in [3.8, 4) is 0 Å². The molecule has 24 heavy (non-hydrogen) atoms. The van der Waals surface area contributed by atoms with Crippen molar-refractivity contribution in [2.24, 2.45) is 0 Å². The molecule has 0 aliphatic carbocycles. The highest BCUT2D eigenvalue weighted by atomic mass is 16.5. The quantitative estimate of drug-likeness (QED) is 0.584. The van der Waals surface area contributed by atoms with Gasteiger partial charge in [0.2, 0.25) is 5.95 Å². The molecule has 2 heterocycles. The van der Waals surface area contributed by atoms with E-state index in [1.165, 1.54) is 0 Å². The first kappa shape index (κ1) is 18.1. The second-order valence-electron chi connectivity index (χ2n) is 5.86. The van der Waals surface area contributed by atoms with Crippen LogP contribution in [0.2, 0.25) is 0 Å². The molecule has 1 aromatic rings. The molecule has 0 atom stereocenters. The van der Waals surface area contributed by atoms with E-state index >= 15 is 0 Å². The number of piperazine rings is 1. The van der Waals surface area contributed by atoms with Crippen LogP contribution in [-0.4, -0.2) is 72.1 Å². The van der Waals surface area contributed by atoms with Gasteiger partial charge in [0.25, 0.3) is 0 Å². The third kappa shape index (κ3) is 5.45. The van der Waals surface area contributed by atoms with Crippen LogP contribution >= 0.6 is 0 Å². The summed E-state index contributed by atoms with van der Waals surface area (Å²) >= 11 is 0. The highest BCUT2D eigenvalue weighted by Gasteiger charge is 2.26. The normalized spacial score (nSPS) is 14.8. The van der Waals surface area contributed by atoms with Crippen molar-refractivity contribution in [1.29, 1.82) is 0 Å². The van der Waals surface area contributed by atoms with Gasteiger partial charge in [-0.05, 0) is 26.3 Å². The third-order valence-corrected chi connectivity index (χ3v) is 3.65. The van der Waals surface area contributed by atoms with Gasteiger partial charge in [-0.2, -0.15) is 0 Å². The summed E-state index contributed by atoms with van der Waals surface area (Å²) in [6.07, 6.45) is 4.25. The first-order valence-corrected chi connectivity index (χ1v) is 8.28. The van der Waals surface area contributed by atoms with Crippen molar-refractivity contribution < 1.29 is 14.3 Å². The number of anilines is 1. The lowest BCUT2D eigenvalue weighted by molar-refractivity contribution is -0.146. The molecule has 1 fully saturated rings. The topological polar surface area (TPSA) is 87.7 Å². The molecule has 1 aliphatic heterocycles. The number of amides is 2. The Balaban J connectivity index is 1.69. The van der Waals surface area contributed by atoms with Gasteiger partial charge >= 0.3 is 11.8 Å². The number of ether oxygens (including phenoxy) is 1. The third-order valence-electron chi connectivity index (χ3n) is 3.65. The van der Waals surface area contributed by atoms with Crippen molar-refractivity contribution >= 4 is 17.8 Å². The number of hydrogen-bond acceptors (Lipinski definition) is 6. The van der Waals surface area contributed by atoms with E-state index in [0.29, 0.717) is 51.7 Å². The zero-order valence-corrected chi connectivity index (χ0v) is 14.3. The maximum Gasteiger partial charge on any atom is 0.312 e. The summed E-state index contributed by atoms with van der Waals surface area (Å²) in [4.78, 5) is 36.0. The van der Waals surface area contributed by atoms with Crippen LogP contribution < -0.4 is 10.2 Å². The Bertz CT molecular complexity index is 530. The van der Waals surface area contributed by atoms with Crippen molar-refractivity contribution in [3.05, 3.63) is 18.5 Å². The molecule has 0 spiro atoms. The molecule has 2 amide bonds. The molecule has 0 radical (unpaired) electrons. The minimum absolute atomic E-state index is 0.173. The Hall–Kier alpha value is -2.22. The molecular weight excluding hydrogens is 310 g/mol. The summed E-state index contributed by atoms with van der Waals surface area (Å²) in [5.74, 6) is -0.378. The SMILES string of the molecule is CC(C)OCCCNC(=O)C(=O)N1CCN(c2ncccn2)CC1. The van der Waals surface area contributed by atoms with E-state index < -0.39 is 11.8 Å². The summed E-state index contributed by atoms with van der Waals surface area (Å²) in [5, 5.41) is 2.65. The fourth-order valence-electron chi connectivity index (χ4n) is 2.38. The molecule has 8 nitrogen and oxygen atoms in total. The van der Waals surface area contributed by atoms with Gasteiger partial charge in [-0.25, -0.2) is 9.97 Å². The average Bonchev–Trinajstić information content (AvgIpc) is 2.61. The Labute approximate surface area is 142 Å². The van der Waals surface area contributed by atoms with E-state index in [1.54, 1.807) is 23.4 Å². The Kier molecular flexibility index (Phi) is 6.92. The minimum Gasteiger partial charge on any atom is -0.379 e. The fraction of sp³-hybridized carbons (Fsp3) is 0.625. The molecule has 0 saturated carbocycles. The number of hydrogen-bond donors (Lipinski definition) is 1. The number of carbonyl (C=O) groups excluding carboxylic acids is 2. The molecule has 0 bridgehead atoms. The van der Waals surface area contributed by atoms with Gasteiger partial charge in [0.15, 0.2) is 0 Å². The largest absolute Gasteiger partial charge is 0.379 e. The number of aromatic nitrogens is 2. The van der Waals surface area contributed by atoms with Crippen LogP contribution in [0.3, 0.4) is 0 Å². The van der Waals surface area contributed by atoms with Gasteiger partial charge in [-0.3, -0.25) is 9.59 Å². The van der Waals surface area contributed by atoms with Crippen molar-refractivity contribution in [2.45, 2.75) is 26.4 Å². The van der Waals surface area contributed by atoms with Gasteiger partial charge in [-0.15, -0.1) is 0 Å². The number of carbonyl (C=O) groups is 2. The van der Waals surface area contributed by atoms with Crippen LogP contribution in [0.5, 0.6) is 0 Å². The molecule has 1 saturated heterocycles. The van der Waals surface area contributed by atoms with Gasteiger partial charge in [0, 0.05) is 51.7 Å². The summed E-state index contributed by atoms with van der Waals surface area (Å²) in [6.45, 7) is 7.14. The first-order valence-electron chi connectivity index (χ1n) is 8.28. The molecule has 132 valence electrons. The molecule has 8 heteroatoms. The van der Waals surface area contributed by atoms with Gasteiger partial charge in [0.05, 0.1) is 6.10 Å². The van der Waals surface area contributed by atoms with Crippen LogP contribution in [0.4, 0.5) is 5.95 Å². The zero-order chi connectivity index (χ0) is 17.4.